The van der Waals surface area contributed by atoms with Gasteiger partial charge in [-0.15, -0.1) is 0 Å². The summed E-state index contributed by atoms with van der Waals surface area (Å²) in [6, 6.07) is -1.24. The van der Waals surface area contributed by atoms with E-state index in [4.69, 9.17) is 9.47 Å². The number of likely N-dealkylation sites (N-methyl/N-ethyl adjacent to an activating group) is 2. The molecule has 2 rings (SSSR count). The normalized spacial score (nSPS) is 33.1. The topological polar surface area (TPSA) is 100 Å². The highest BCUT2D eigenvalue weighted by Gasteiger charge is 2.74. The number of carbonyl (C=O) groups is 3. The van der Waals surface area contributed by atoms with E-state index in [1.807, 2.05) is 0 Å². The molecule has 2 N–H and O–H groups in total. The number of carbonyl (C=O) groups excluding carboxylic acids is 3. The monoisotopic (exact) mass is 286 g/mol. The van der Waals surface area contributed by atoms with Crippen molar-refractivity contribution in [3.8, 4) is 0 Å². The number of rotatable bonds is 4. The number of nitrogens with one attached hydrogen (secondary N) is 2. The highest BCUT2D eigenvalue weighted by molar-refractivity contribution is 6.06. The summed E-state index contributed by atoms with van der Waals surface area (Å²) in [6.45, 7) is 3.71. The maximum absolute atomic E-state index is 12.4. The molecule has 0 bridgehead atoms. The fourth-order valence-corrected chi connectivity index (χ4v) is 2.62. The Morgan fingerprint density at radius 2 is 1.60 bits per heavy atom. The first-order valence-electron chi connectivity index (χ1n) is 6.30. The molecule has 9 nitrogen and oxygen atoms in total. The number of fused-ring (bicyclic) bond motifs is 1. The van der Waals surface area contributed by atoms with Gasteiger partial charge in [-0.2, -0.15) is 0 Å². The summed E-state index contributed by atoms with van der Waals surface area (Å²) in [6.07, 6.45) is 0. The zero-order valence-electron chi connectivity index (χ0n) is 11.8. The van der Waals surface area contributed by atoms with E-state index in [1.54, 1.807) is 13.8 Å². The zero-order chi connectivity index (χ0) is 15.1. The molecule has 0 aromatic rings. The average Bonchev–Trinajstić information content (AvgIpc) is 2.61. The van der Waals surface area contributed by atoms with Gasteiger partial charge in [0.05, 0.1) is 0 Å². The van der Waals surface area contributed by atoms with Crippen LogP contribution in [0.5, 0.6) is 0 Å². The third-order valence-corrected chi connectivity index (χ3v) is 3.52. The van der Waals surface area contributed by atoms with Crippen LogP contribution in [0, 0.1) is 0 Å². The van der Waals surface area contributed by atoms with E-state index in [0.29, 0.717) is 0 Å². The second kappa shape index (κ2) is 4.60. The Balaban J connectivity index is 2.65. The zero-order valence-corrected chi connectivity index (χ0v) is 11.8. The van der Waals surface area contributed by atoms with Gasteiger partial charge in [0, 0.05) is 27.3 Å². The first kappa shape index (κ1) is 14.5. The maximum atomic E-state index is 12.4. The predicted molar refractivity (Wildman–Crippen MR) is 66.3 cm³/mol. The van der Waals surface area contributed by atoms with E-state index in [2.05, 4.69) is 10.6 Å². The van der Waals surface area contributed by atoms with Crippen molar-refractivity contribution in [3.63, 3.8) is 0 Å². The highest BCUT2D eigenvalue weighted by Crippen LogP contribution is 2.40. The Hall–Kier alpha value is -1.87. The van der Waals surface area contributed by atoms with Crippen molar-refractivity contribution in [1.82, 2.24) is 20.4 Å². The minimum atomic E-state index is -1.77. The van der Waals surface area contributed by atoms with Crippen LogP contribution in [0.25, 0.3) is 0 Å². The van der Waals surface area contributed by atoms with Crippen molar-refractivity contribution in [2.75, 3.05) is 27.3 Å². The molecule has 9 heteroatoms. The Kier molecular flexibility index (Phi) is 3.34. The molecule has 2 aliphatic heterocycles. The first-order chi connectivity index (χ1) is 9.37. The molecule has 0 radical (unpaired) electrons. The van der Waals surface area contributed by atoms with Crippen molar-refractivity contribution in [1.29, 1.82) is 0 Å². The van der Waals surface area contributed by atoms with Gasteiger partial charge in [0.2, 0.25) is 0 Å². The summed E-state index contributed by atoms with van der Waals surface area (Å²) in [5.41, 5.74) is -1.77. The number of hydrogen-bond donors (Lipinski definition) is 2. The Morgan fingerprint density at radius 3 is 2.15 bits per heavy atom. The molecule has 2 fully saturated rings. The van der Waals surface area contributed by atoms with Crippen molar-refractivity contribution in [2.24, 2.45) is 0 Å². The fourth-order valence-electron chi connectivity index (χ4n) is 2.62. The van der Waals surface area contributed by atoms with Crippen molar-refractivity contribution < 1.29 is 23.9 Å². The Morgan fingerprint density at radius 1 is 1.00 bits per heavy atom. The molecule has 2 atom stereocenters. The van der Waals surface area contributed by atoms with Crippen LogP contribution in [0.3, 0.4) is 0 Å². The second-order valence-corrected chi connectivity index (χ2v) is 4.46. The third-order valence-electron chi connectivity index (χ3n) is 3.52. The van der Waals surface area contributed by atoms with Crippen LogP contribution in [0.2, 0.25) is 0 Å². The lowest BCUT2D eigenvalue weighted by atomic mass is 10.0. The molecule has 0 aliphatic carbocycles. The molecule has 20 heavy (non-hydrogen) atoms. The average molecular weight is 286 g/mol. The summed E-state index contributed by atoms with van der Waals surface area (Å²) >= 11 is 0. The number of nitrogens with zero attached hydrogens (tertiary/aromatic N) is 2. The van der Waals surface area contributed by atoms with Gasteiger partial charge >= 0.3 is 12.1 Å². The molecule has 5 amide bonds. The Bertz CT molecular complexity index is 470. The SMILES string of the molecule is CCOC12NC(=O)N(C)C1(OCC)C(=O)NC(=O)N2C. The number of urea groups is 2. The minimum Gasteiger partial charge on any atom is -0.342 e. The molecule has 112 valence electrons. The van der Waals surface area contributed by atoms with E-state index in [-0.39, 0.29) is 13.2 Å². The molecular formula is C11H18N4O5. The molecule has 0 aromatic carbocycles. The second-order valence-electron chi connectivity index (χ2n) is 4.46. The molecule has 0 saturated carbocycles. The third kappa shape index (κ3) is 1.47. The predicted octanol–water partition coefficient (Wildman–Crippen LogP) is -0.754. The number of imide groups is 1. The van der Waals surface area contributed by atoms with Gasteiger partial charge < -0.3 is 9.47 Å². The largest absolute Gasteiger partial charge is 0.342 e. The van der Waals surface area contributed by atoms with Gasteiger partial charge in [0.1, 0.15) is 0 Å². The Labute approximate surface area is 116 Å². The van der Waals surface area contributed by atoms with Crippen LogP contribution >= 0.6 is 0 Å². The van der Waals surface area contributed by atoms with Crippen LogP contribution in [0.15, 0.2) is 0 Å². The standard InChI is InChI=1S/C11H18N4O5/c1-5-19-10-7(16)12-8(17)15(4)11(10,20-6-2)13-9(18)14(10)3/h5-6H2,1-4H3,(H,13,18)(H,12,16,17). The lowest BCUT2D eigenvalue weighted by molar-refractivity contribution is -0.277. The number of hydrogen-bond acceptors (Lipinski definition) is 5. The van der Waals surface area contributed by atoms with Crippen LogP contribution in [0.1, 0.15) is 13.8 Å². The van der Waals surface area contributed by atoms with Crippen molar-refractivity contribution in [2.45, 2.75) is 25.4 Å². The summed E-state index contributed by atoms with van der Waals surface area (Å²) in [7, 11) is 2.83. The van der Waals surface area contributed by atoms with E-state index in [1.165, 1.54) is 14.1 Å². The van der Waals surface area contributed by atoms with Crippen molar-refractivity contribution >= 4 is 18.0 Å². The van der Waals surface area contributed by atoms with Gasteiger partial charge in [-0.25, -0.2) is 9.59 Å². The molecular weight excluding hydrogens is 268 g/mol. The lowest BCUT2D eigenvalue weighted by Crippen LogP contribution is -2.81. The van der Waals surface area contributed by atoms with Crippen LogP contribution in [-0.2, 0) is 14.3 Å². The van der Waals surface area contributed by atoms with Crippen molar-refractivity contribution in [3.05, 3.63) is 0 Å². The fraction of sp³-hybridized carbons (Fsp3) is 0.727. The molecule has 2 aliphatic rings. The van der Waals surface area contributed by atoms with Crippen LogP contribution in [0.4, 0.5) is 9.59 Å². The summed E-state index contributed by atoms with van der Waals surface area (Å²) in [5.74, 6) is -2.43. The van der Waals surface area contributed by atoms with E-state index < -0.39 is 29.5 Å². The molecule has 2 heterocycles. The maximum Gasteiger partial charge on any atom is 0.327 e. The van der Waals surface area contributed by atoms with Gasteiger partial charge in [-0.3, -0.25) is 25.2 Å². The lowest BCUT2D eigenvalue weighted by Gasteiger charge is -2.50. The van der Waals surface area contributed by atoms with Crippen LogP contribution < -0.4 is 10.6 Å². The van der Waals surface area contributed by atoms with E-state index in [0.717, 1.165) is 9.80 Å². The smallest absolute Gasteiger partial charge is 0.327 e. The summed E-state index contributed by atoms with van der Waals surface area (Å²) in [5, 5.41) is 4.71. The van der Waals surface area contributed by atoms with Gasteiger partial charge in [0.25, 0.3) is 17.5 Å². The molecule has 0 aromatic heterocycles. The summed E-state index contributed by atoms with van der Waals surface area (Å²) in [4.78, 5) is 38.5. The van der Waals surface area contributed by atoms with Gasteiger partial charge in [-0.05, 0) is 13.8 Å². The highest BCUT2D eigenvalue weighted by atomic mass is 16.6. The molecule has 0 spiro atoms. The van der Waals surface area contributed by atoms with Crippen LogP contribution in [-0.4, -0.2) is 66.7 Å². The molecule has 2 saturated heterocycles. The minimum absolute atomic E-state index is 0.156. The number of ether oxygens (including phenoxy) is 2. The summed E-state index contributed by atoms with van der Waals surface area (Å²) < 4.78 is 11.2. The quantitative estimate of drug-likeness (QED) is 0.708. The first-order valence-corrected chi connectivity index (χ1v) is 6.30. The van der Waals surface area contributed by atoms with Gasteiger partial charge in [-0.1, -0.05) is 0 Å². The molecule has 2 unspecified atom stereocenters. The number of amides is 5. The van der Waals surface area contributed by atoms with E-state index in [9.17, 15) is 14.4 Å². The van der Waals surface area contributed by atoms with E-state index >= 15 is 0 Å². The van der Waals surface area contributed by atoms with Gasteiger partial charge in [0.15, 0.2) is 0 Å².